The summed E-state index contributed by atoms with van der Waals surface area (Å²) in [4.78, 5) is 13.5. The van der Waals surface area contributed by atoms with Crippen LogP contribution >= 0.6 is 15.9 Å². The number of carbonyl (C=O) groups excluding carboxylic acids is 1. The molecule has 0 spiro atoms. The topological polar surface area (TPSA) is 54.5 Å². The zero-order valence-electron chi connectivity index (χ0n) is 12.6. The number of hydrogen-bond donors (Lipinski definition) is 0. The molecule has 0 unspecified atom stereocenters. The van der Waals surface area contributed by atoms with Crippen molar-refractivity contribution >= 4 is 37.4 Å². The molecular formula is C17H16BrNO3S. The van der Waals surface area contributed by atoms with Gasteiger partial charge in [0.15, 0.2) is 9.84 Å². The first-order valence-electron chi connectivity index (χ1n) is 6.82. The van der Waals surface area contributed by atoms with Gasteiger partial charge in [-0.05, 0) is 49.4 Å². The van der Waals surface area contributed by atoms with Gasteiger partial charge in [-0.1, -0.05) is 40.2 Å². The van der Waals surface area contributed by atoms with Crippen molar-refractivity contribution in [3.8, 4) is 0 Å². The molecule has 4 nitrogen and oxygen atoms in total. The summed E-state index contributed by atoms with van der Waals surface area (Å²) in [6.07, 6.45) is 1.10. The lowest BCUT2D eigenvalue weighted by Crippen LogP contribution is -2.34. The summed E-state index contributed by atoms with van der Waals surface area (Å²) in [6, 6.07) is 13.4. The van der Waals surface area contributed by atoms with Gasteiger partial charge in [-0.2, -0.15) is 0 Å². The van der Waals surface area contributed by atoms with E-state index in [1.807, 2.05) is 6.92 Å². The fourth-order valence-electron chi connectivity index (χ4n) is 1.99. The van der Waals surface area contributed by atoms with Crippen LogP contribution in [0.4, 0.5) is 5.69 Å². The summed E-state index contributed by atoms with van der Waals surface area (Å²) in [5, 5.41) is 0. The predicted molar refractivity (Wildman–Crippen MR) is 95.1 cm³/mol. The molecule has 0 aliphatic carbocycles. The minimum Gasteiger partial charge on any atom is -0.294 e. The van der Waals surface area contributed by atoms with E-state index in [4.69, 9.17) is 0 Å². The minimum atomic E-state index is -3.64. The van der Waals surface area contributed by atoms with Crippen LogP contribution in [0, 0.1) is 6.92 Å². The lowest BCUT2D eigenvalue weighted by molar-refractivity contribution is -0.114. The first-order chi connectivity index (χ1) is 10.8. The second-order valence-corrected chi connectivity index (χ2v) is 7.88. The Kier molecular flexibility index (Phi) is 5.38. The van der Waals surface area contributed by atoms with Crippen LogP contribution in [0.2, 0.25) is 0 Å². The third kappa shape index (κ3) is 4.30. The van der Waals surface area contributed by atoms with Crippen molar-refractivity contribution in [3.05, 3.63) is 71.2 Å². The highest BCUT2D eigenvalue weighted by molar-refractivity contribution is 9.10. The molecule has 2 aromatic carbocycles. The third-order valence-electron chi connectivity index (χ3n) is 3.26. The van der Waals surface area contributed by atoms with Gasteiger partial charge in [0.2, 0.25) is 0 Å². The molecule has 120 valence electrons. The predicted octanol–water partition coefficient (Wildman–Crippen LogP) is 3.71. The standard InChI is InChI=1S/C17H16BrNO3S/c1-3-17(20)19(15-8-6-14(18)7-9-15)12-23(21,22)16-10-4-13(2)5-11-16/h3-11H,1,12H2,2H3. The molecule has 2 rings (SSSR count). The fraction of sp³-hybridized carbons (Fsp3) is 0.118. The Morgan fingerprint density at radius 1 is 1.13 bits per heavy atom. The quantitative estimate of drug-likeness (QED) is 0.727. The molecule has 0 radical (unpaired) electrons. The van der Waals surface area contributed by atoms with Crippen molar-refractivity contribution in [3.63, 3.8) is 0 Å². The summed E-state index contributed by atoms with van der Waals surface area (Å²) in [5.74, 6) is -0.911. The number of rotatable bonds is 5. The normalized spacial score (nSPS) is 11.0. The van der Waals surface area contributed by atoms with Crippen molar-refractivity contribution in [1.82, 2.24) is 0 Å². The molecule has 0 atom stereocenters. The van der Waals surface area contributed by atoms with Crippen molar-refractivity contribution in [2.75, 3.05) is 10.8 Å². The molecule has 0 heterocycles. The van der Waals surface area contributed by atoms with Crippen LogP contribution < -0.4 is 4.90 Å². The number of halogens is 1. The first-order valence-corrected chi connectivity index (χ1v) is 9.27. The molecule has 0 aromatic heterocycles. The number of hydrogen-bond acceptors (Lipinski definition) is 3. The number of carbonyl (C=O) groups is 1. The smallest absolute Gasteiger partial charge is 0.251 e. The van der Waals surface area contributed by atoms with Crippen molar-refractivity contribution in [1.29, 1.82) is 0 Å². The number of nitrogens with zero attached hydrogens (tertiary/aromatic N) is 1. The van der Waals surface area contributed by atoms with Gasteiger partial charge in [-0.25, -0.2) is 8.42 Å². The minimum absolute atomic E-state index is 0.182. The maximum atomic E-state index is 12.6. The highest BCUT2D eigenvalue weighted by Crippen LogP contribution is 2.22. The van der Waals surface area contributed by atoms with E-state index in [1.54, 1.807) is 48.5 Å². The Morgan fingerprint density at radius 2 is 1.70 bits per heavy atom. The molecule has 0 aliphatic rings. The highest BCUT2D eigenvalue weighted by atomic mass is 79.9. The number of aryl methyl sites for hydroxylation is 1. The average Bonchev–Trinajstić information content (AvgIpc) is 2.53. The Morgan fingerprint density at radius 3 is 2.22 bits per heavy atom. The monoisotopic (exact) mass is 393 g/mol. The molecule has 0 bridgehead atoms. The Bertz CT molecular complexity index is 812. The van der Waals surface area contributed by atoms with Crippen LogP contribution in [0.15, 0.2) is 70.6 Å². The van der Waals surface area contributed by atoms with Crippen molar-refractivity contribution in [2.45, 2.75) is 11.8 Å². The van der Waals surface area contributed by atoms with E-state index in [0.717, 1.165) is 16.1 Å². The van der Waals surface area contributed by atoms with Crippen LogP contribution in [0.1, 0.15) is 5.56 Å². The Labute approximate surface area is 144 Å². The fourth-order valence-corrected chi connectivity index (χ4v) is 3.57. The van der Waals surface area contributed by atoms with E-state index in [0.29, 0.717) is 5.69 Å². The number of benzene rings is 2. The van der Waals surface area contributed by atoms with Gasteiger partial charge < -0.3 is 0 Å². The zero-order valence-corrected chi connectivity index (χ0v) is 15.0. The number of amides is 1. The molecule has 0 N–H and O–H groups in total. The van der Waals surface area contributed by atoms with Gasteiger partial charge in [-0.15, -0.1) is 0 Å². The second-order valence-electron chi connectivity index (χ2n) is 5.00. The Hall–Kier alpha value is -1.92. The lowest BCUT2D eigenvalue weighted by Gasteiger charge is -2.21. The van der Waals surface area contributed by atoms with E-state index in [-0.39, 0.29) is 4.90 Å². The van der Waals surface area contributed by atoms with Gasteiger partial charge in [0.1, 0.15) is 5.88 Å². The average molecular weight is 394 g/mol. The molecule has 0 saturated heterocycles. The van der Waals surface area contributed by atoms with E-state index in [1.165, 1.54) is 4.90 Å². The first kappa shape index (κ1) is 17.4. The number of anilines is 1. The summed E-state index contributed by atoms with van der Waals surface area (Å²) in [6.45, 7) is 5.32. The molecule has 0 aliphatic heterocycles. The third-order valence-corrected chi connectivity index (χ3v) is 5.38. The molecule has 0 fully saturated rings. The van der Waals surface area contributed by atoms with E-state index < -0.39 is 21.6 Å². The molecule has 6 heteroatoms. The van der Waals surface area contributed by atoms with E-state index >= 15 is 0 Å². The van der Waals surface area contributed by atoms with Crippen LogP contribution in [0.5, 0.6) is 0 Å². The van der Waals surface area contributed by atoms with Crippen LogP contribution in [-0.2, 0) is 14.6 Å². The van der Waals surface area contributed by atoms with Gasteiger partial charge in [0, 0.05) is 10.2 Å². The summed E-state index contributed by atoms with van der Waals surface area (Å²) in [5.41, 5.74) is 1.46. The maximum absolute atomic E-state index is 12.6. The van der Waals surface area contributed by atoms with Gasteiger partial charge in [0.25, 0.3) is 5.91 Å². The summed E-state index contributed by atoms with van der Waals surface area (Å²) in [7, 11) is -3.64. The summed E-state index contributed by atoms with van der Waals surface area (Å²) < 4.78 is 26.0. The second kappa shape index (κ2) is 7.10. The molecular weight excluding hydrogens is 378 g/mol. The Balaban J connectivity index is 2.37. The zero-order chi connectivity index (χ0) is 17.0. The SMILES string of the molecule is C=CC(=O)N(CS(=O)(=O)c1ccc(C)cc1)c1ccc(Br)cc1. The van der Waals surface area contributed by atoms with E-state index in [9.17, 15) is 13.2 Å². The van der Waals surface area contributed by atoms with Crippen LogP contribution in [0.25, 0.3) is 0 Å². The highest BCUT2D eigenvalue weighted by Gasteiger charge is 2.23. The molecule has 2 aromatic rings. The number of sulfone groups is 1. The van der Waals surface area contributed by atoms with Gasteiger partial charge in [-0.3, -0.25) is 9.69 Å². The lowest BCUT2D eigenvalue weighted by atomic mass is 10.2. The molecule has 1 amide bonds. The van der Waals surface area contributed by atoms with Gasteiger partial charge >= 0.3 is 0 Å². The van der Waals surface area contributed by atoms with Crippen molar-refractivity contribution < 1.29 is 13.2 Å². The van der Waals surface area contributed by atoms with Crippen LogP contribution in [-0.4, -0.2) is 20.2 Å². The summed E-state index contributed by atoms with van der Waals surface area (Å²) >= 11 is 3.31. The van der Waals surface area contributed by atoms with Crippen LogP contribution in [0.3, 0.4) is 0 Å². The van der Waals surface area contributed by atoms with E-state index in [2.05, 4.69) is 22.5 Å². The largest absolute Gasteiger partial charge is 0.294 e. The van der Waals surface area contributed by atoms with Gasteiger partial charge in [0.05, 0.1) is 4.90 Å². The molecule has 23 heavy (non-hydrogen) atoms. The van der Waals surface area contributed by atoms with Crippen molar-refractivity contribution in [2.24, 2.45) is 0 Å². The maximum Gasteiger partial charge on any atom is 0.251 e. The molecule has 0 saturated carbocycles.